The first-order valence-corrected chi connectivity index (χ1v) is 7.89. The molecule has 5 heteroatoms. The van der Waals surface area contributed by atoms with E-state index >= 15 is 0 Å². The number of carbonyl (C=O) groups excluding carboxylic acids is 1. The lowest BCUT2D eigenvalue weighted by molar-refractivity contribution is 0.0285. The molecule has 1 atom stereocenters. The molecule has 1 aliphatic heterocycles. The molecule has 0 aromatic carbocycles. The van der Waals surface area contributed by atoms with E-state index in [2.05, 4.69) is 23.0 Å². The second-order valence-electron chi connectivity index (χ2n) is 7.14. The van der Waals surface area contributed by atoms with Crippen molar-refractivity contribution in [3.63, 3.8) is 0 Å². The zero-order chi connectivity index (χ0) is 16.2. The monoisotopic (exact) mass is 305 g/mol. The van der Waals surface area contributed by atoms with Crippen LogP contribution in [0.2, 0.25) is 0 Å². The minimum absolute atomic E-state index is 0.190. The molecule has 2 rings (SSSR count). The number of nitrogens with zero attached hydrogens (tertiary/aromatic N) is 3. The van der Waals surface area contributed by atoms with Crippen LogP contribution in [0, 0.1) is 5.92 Å². The van der Waals surface area contributed by atoms with Crippen molar-refractivity contribution in [1.29, 1.82) is 0 Å². The molecule has 1 aromatic rings. The molecular formula is C17H27N3O2. The first kappa shape index (κ1) is 16.7. The normalized spacial score (nSPS) is 18.8. The predicted octanol–water partition coefficient (Wildman–Crippen LogP) is 2.77. The van der Waals surface area contributed by atoms with Gasteiger partial charge in [0.05, 0.1) is 0 Å². The van der Waals surface area contributed by atoms with Gasteiger partial charge in [-0.1, -0.05) is 6.07 Å². The van der Waals surface area contributed by atoms with Crippen LogP contribution in [0.3, 0.4) is 0 Å². The average Bonchev–Trinajstić information content (AvgIpc) is 2.86. The summed E-state index contributed by atoms with van der Waals surface area (Å²) < 4.78 is 5.44. The summed E-state index contributed by atoms with van der Waals surface area (Å²) in [5, 5.41) is 0. The number of aromatic nitrogens is 1. The topological polar surface area (TPSA) is 45.7 Å². The van der Waals surface area contributed by atoms with Crippen LogP contribution in [0.15, 0.2) is 24.5 Å². The molecule has 22 heavy (non-hydrogen) atoms. The van der Waals surface area contributed by atoms with Crippen LogP contribution in [0.4, 0.5) is 4.79 Å². The van der Waals surface area contributed by atoms with Gasteiger partial charge in [0, 0.05) is 38.6 Å². The summed E-state index contributed by atoms with van der Waals surface area (Å²) >= 11 is 0. The van der Waals surface area contributed by atoms with E-state index in [1.807, 2.05) is 37.9 Å². The largest absolute Gasteiger partial charge is 0.444 e. The van der Waals surface area contributed by atoms with Crippen molar-refractivity contribution in [1.82, 2.24) is 14.8 Å². The van der Waals surface area contributed by atoms with Crippen LogP contribution < -0.4 is 0 Å². The zero-order valence-corrected chi connectivity index (χ0v) is 14.1. The average molecular weight is 305 g/mol. The van der Waals surface area contributed by atoms with E-state index in [1.165, 1.54) is 5.56 Å². The Morgan fingerprint density at radius 2 is 2.27 bits per heavy atom. The van der Waals surface area contributed by atoms with Crippen LogP contribution in [0.1, 0.15) is 32.8 Å². The van der Waals surface area contributed by atoms with Crippen molar-refractivity contribution in [2.24, 2.45) is 5.92 Å². The maximum Gasteiger partial charge on any atom is 0.410 e. The third-order valence-electron chi connectivity index (χ3n) is 3.68. The Morgan fingerprint density at radius 1 is 1.50 bits per heavy atom. The van der Waals surface area contributed by atoms with Gasteiger partial charge in [-0.3, -0.25) is 4.98 Å². The number of ether oxygens (including phenoxy) is 1. The highest BCUT2D eigenvalue weighted by atomic mass is 16.6. The van der Waals surface area contributed by atoms with Crippen LogP contribution in [0.5, 0.6) is 0 Å². The quantitative estimate of drug-likeness (QED) is 0.858. The summed E-state index contributed by atoms with van der Waals surface area (Å²) in [4.78, 5) is 20.3. The molecular weight excluding hydrogens is 278 g/mol. The Hall–Kier alpha value is -1.62. The lowest BCUT2D eigenvalue weighted by Crippen LogP contribution is -2.36. The number of pyridine rings is 1. The highest BCUT2D eigenvalue weighted by Crippen LogP contribution is 2.20. The van der Waals surface area contributed by atoms with E-state index in [0.717, 1.165) is 32.6 Å². The van der Waals surface area contributed by atoms with Gasteiger partial charge in [0.2, 0.25) is 0 Å². The number of carbonyl (C=O) groups is 1. The second kappa shape index (κ2) is 7.09. The fourth-order valence-electron chi connectivity index (χ4n) is 2.78. The SMILES string of the molecule is CN(Cc1cccnc1)C[C@@H]1CCN(C(=O)OC(C)(C)C)C1. The molecule has 0 spiro atoms. The van der Waals surface area contributed by atoms with Gasteiger partial charge in [-0.05, 0) is 51.8 Å². The molecule has 2 heterocycles. The smallest absolute Gasteiger partial charge is 0.410 e. The summed E-state index contributed by atoms with van der Waals surface area (Å²) in [5.74, 6) is 0.509. The molecule has 1 amide bonds. The predicted molar refractivity (Wildman–Crippen MR) is 86.5 cm³/mol. The minimum Gasteiger partial charge on any atom is -0.444 e. The second-order valence-corrected chi connectivity index (χ2v) is 7.14. The minimum atomic E-state index is -0.424. The third kappa shape index (κ3) is 5.30. The van der Waals surface area contributed by atoms with Crippen molar-refractivity contribution in [2.45, 2.75) is 39.3 Å². The Labute approximate surface area is 133 Å². The van der Waals surface area contributed by atoms with Crippen LogP contribution in [-0.2, 0) is 11.3 Å². The van der Waals surface area contributed by atoms with Gasteiger partial charge < -0.3 is 14.5 Å². The van der Waals surface area contributed by atoms with Gasteiger partial charge in [-0.2, -0.15) is 0 Å². The fraction of sp³-hybridized carbons (Fsp3) is 0.647. The first-order chi connectivity index (χ1) is 10.3. The van der Waals surface area contributed by atoms with Gasteiger partial charge in [0.15, 0.2) is 0 Å². The highest BCUT2D eigenvalue weighted by molar-refractivity contribution is 5.68. The van der Waals surface area contributed by atoms with Gasteiger partial charge in [-0.25, -0.2) is 4.79 Å². The van der Waals surface area contributed by atoms with Crippen molar-refractivity contribution in [3.8, 4) is 0 Å². The lowest BCUT2D eigenvalue weighted by Gasteiger charge is -2.25. The lowest BCUT2D eigenvalue weighted by atomic mass is 10.1. The Bertz CT molecular complexity index is 484. The molecule has 1 fully saturated rings. The molecule has 1 aromatic heterocycles. The fourth-order valence-corrected chi connectivity index (χ4v) is 2.78. The Morgan fingerprint density at radius 3 is 2.91 bits per heavy atom. The van der Waals surface area contributed by atoms with Gasteiger partial charge in [-0.15, -0.1) is 0 Å². The first-order valence-electron chi connectivity index (χ1n) is 7.89. The number of amides is 1. The number of rotatable bonds is 4. The summed E-state index contributed by atoms with van der Waals surface area (Å²) in [6.45, 7) is 9.15. The molecule has 0 saturated carbocycles. The molecule has 5 nitrogen and oxygen atoms in total. The molecule has 0 bridgehead atoms. The Balaban J connectivity index is 1.77. The van der Waals surface area contributed by atoms with Crippen molar-refractivity contribution in [2.75, 3.05) is 26.7 Å². The molecule has 0 radical (unpaired) electrons. The number of hydrogen-bond acceptors (Lipinski definition) is 4. The van der Waals surface area contributed by atoms with Crippen LogP contribution in [-0.4, -0.2) is 53.2 Å². The van der Waals surface area contributed by atoms with Gasteiger partial charge in [0.25, 0.3) is 0 Å². The molecule has 1 aliphatic rings. The highest BCUT2D eigenvalue weighted by Gasteiger charge is 2.30. The third-order valence-corrected chi connectivity index (χ3v) is 3.68. The van der Waals surface area contributed by atoms with E-state index in [4.69, 9.17) is 4.74 Å². The zero-order valence-electron chi connectivity index (χ0n) is 14.1. The molecule has 0 N–H and O–H groups in total. The summed E-state index contributed by atoms with van der Waals surface area (Å²) in [7, 11) is 2.11. The molecule has 1 saturated heterocycles. The summed E-state index contributed by atoms with van der Waals surface area (Å²) in [5.41, 5.74) is 0.790. The van der Waals surface area contributed by atoms with Crippen LogP contribution in [0.25, 0.3) is 0 Å². The summed E-state index contributed by atoms with van der Waals surface area (Å²) in [6, 6.07) is 4.05. The van der Waals surface area contributed by atoms with Gasteiger partial charge >= 0.3 is 6.09 Å². The summed E-state index contributed by atoms with van der Waals surface area (Å²) in [6.07, 6.45) is 4.54. The van der Waals surface area contributed by atoms with Crippen LogP contribution >= 0.6 is 0 Å². The molecule has 0 unspecified atom stereocenters. The maximum atomic E-state index is 12.1. The molecule has 0 aliphatic carbocycles. The van der Waals surface area contributed by atoms with Gasteiger partial charge in [0.1, 0.15) is 5.60 Å². The van der Waals surface area contributed by atoms with E-state index in [1.54, 1.807) is 6.20 Å². The van der Waals surface area contributed by atoms with Crippen molar-refractivity contribution in [3.05, 3.63) is 30.1 Å². The Kier molecular flexibility index (Phi) is 5.40. The van der Waals surface area contributed by atoms with E-state index in [-0.39, 0.29) is 6.09 Å². The van der Waals surface area contributed by atoms with E-state index in [9.17, 15) is 4.79 Å². The van der Waals surface area contributed by atoms with Crippen molar-refractivity contribution >= 4 is 6.09 Å². The standard InChI is InChI=1S/C17H27N3O2/c1-17(2,3)22-16(21)20-9-7-15(13-20)12-19(4)11-14-6-5-8-18-10-14/h5-6,8,10,15H,7,9,11-13H2,1-4H3/t15-/m0/s1. The number of likely N-dealkylation sites (tertiary alicyclic amines) is 1. The maximum absolute atomic E-state index is 12.1. The van der Waals surface area contributed by atoms with E-state index < -0.39 is 5.60 Å². The van der Waals surface area contributed by atoms with E-state index in [0.29, 0.717) is 5.92 Å². The van der Waals surface area contributed by atoms with Crippen molar-refractivity contribution < 1.29 is 9.53 Å². The molecule has 122 valence electrons. The number of hydrogen-bond donors (Lipinski definition) is 0.